The largest absolute Gasteiger partial charge is 0.471 e. The predicted molar refractivity (Wildman–Crippen MR) is 96.3 cm³/mol. The number of rotatable bonds is 4. The fourth-order valence-corrected chi connectivity index (χ4v) is 3.20. The maximum absolute atomic E-state index is 12.6. The molecule has 4 rings (SSSR count). The summed E-state index contributed by atoms with van der Waals surface area (Å²) in [6.07, 6.45) is -1.15. The summed E-state index contributed by atoms with van der Waals surface area (Å²) in [6.45, 7) is 1.48. The molecule has 0 radical (unpaired) electrons. The van der Waals surface area contributed by atoms with Gasteiger partial charge in [0.05, 0.1) is 5.69 Å². The minimum atomic E-state index is -4.66. The molecule has 0 aliphatic carbocycles. The van der Waals surface area contributed by atoms with Crippen molar-refractivity contribution in [1.82, 2.24) is 20.4 Å². The van der Waals surface area contributed by atoms with Crippen LogP contribution in [0.5, 0.6) is 0 Å². The first-order valence-corrected chi connectivity index (χ1v) is 8.93. The first kappa shape index (κ1) is 18.4. The van der Waals surface area contributed by atoms with E-state index in [1.807, 2.05) is 12.1 Å². The molecule has 0 amide bonds. The molecule has 0 bridgehead atoms. The molecule has 2 N–H and O–H groups in total. The van der Waals surface area contributed by atoms with Crippen LogP contribution >= 0.6 is 0 Å². The molecule has 1 aliphatic rings. The highest BCUT2D eigenvalue weighted by Crippen LogP contribution is 2.30. The fraction of sp³-hybridized carbons (Fsp3) is 0.316. The molecule has 146 valence electrons. The van der Waals surface area contributed by atoms with Gasteiger partial charge in [-0.1, -0.05) is 23.4 Å². The van der Waals surface area contributed by atoms with Gasteiger partial charge in [-0.2, -0.15) is 18.2 Å². The van der Waals surface area contributed by atoms with E-state index in [0.29, 0.717) is 12.1 Å². The summed E-state index contributed by atoms with van der Waals surface area (Å²) < 4.78 is 42.0. The molecule has 2 aromatic heterocycles. The molecule has 0 saturated heterocycles. The Labute approximate surface area is 159 Å². The van der Waals surface area contributed by atoms with Crippen LogP contribution in [-0.2, 0) is 12.7 Å². The molecule has 0 saturated carbocycles. The van der Waals surface area contributed by atoms with E-state index >= 15 is 0 Å². The SMILES string of the molecule is FC(F)(F)c1nc(-c2ccc(CNC3CCCNc4ccccc43)nc2)no1. The summed E-state index contributed by atoms with van der Waals surface area (Å²) in [5, 5.41) is 10.3. The van der Waals surface area contributed by atoms with Gasteiger partial charge in [-0.15, -0.1) is 0 Å². The van der Waals surface area contributed by atoms with Gasteiger partial charge >= 0.3 is 12.1 Å². The third-order valence-corrected chi connectivity index (χ3v) is 4.60. The minimum absolute atomic E-state index is 0.136. The standard InChI is InChI=1S/C19H18F3N5O/c20-19(21,22)18-26-17(27-28-18)12-7-8-13(24-10-12)11-25-16-6-3-9-23-15-5-2-1-4-14(15)16/h1-2,4-5,7-8,10,16,23,25H,3,6,9,11H2. The highest BCUT2D eigenvalue weighted by molar-refractivity contribution is 5.54. The van der Waals surface area contributed by atoms with Crippen LogP contribution in [0.2, 0.25) is 0 Å². The van der Waals surface area contributed by atoms with Crippen LogP contribution in [0.15, 0.2) is 47.1 Å². The van der Waals surface area contributed by atoms with Gasteiger partial charge in [0, 0.05) is 36.6 Å². The molecule has 3 heterocycles. The Balaban J connectivity index is 1.43. The molecule has 1 unspecified atom stereocenters. The van der Waals surface area contributed by atoms with Crippen molar-refractivity contribution in [2.24, 2.45) is 0 Å². The first-order valence-electron chi connectivity index (χ1n) is 8.93. The van der Waals surface area contributed by atoms with Gasteiger partial charge < -0.3 is 15.2 Å². The number of anilines is 1. The molecule has 6 nitrogen and oxygen atoms in total. The lowest BCUT2D eigenvalue weighted by Crippen LogP contribution is -2.21. The van der Waals surface area contributed by atoms with E-state index < -0.39 is 12.1 Å². The predicted octanol–water partition coefficient (Wildman–Crippen LogP) is 4.19. The lowest BCUT2D eigenvalue weighted by Gasteiger charge is -2.18. The van der Waals surface area contributed by atoms with Crippen molar-refractivity contribution < 1.29 is 17.7 Å². The second-order valence-electron chi connectivity index (χ2n) is 6.55. The molecule has 28 heavy (non-hydrogen) atoms. The molecule has 1 aromatic carbocycles. The Kier molecular flexibility index (Phi) is 4.99. The zero-order valence-corrected chi connectivity index (χ0v) is 14.8. The molecular weight excluding hydrogens is 371 g/mol. The summed E-state index contributed by atoms with van der Waals surface area (Å²) in [7, 11) is 0. The highest BCUT2D eigenvalue weighted by Gasteiger charge is 2.38. The number of benzene rings is 1. The minimum Gasteiger partial charge on any atom is -0.385 e. The van der Waals surface area contributed by atoms with Crippen LogP contribution in [0.1, 0.15) is 36.0 Å². The van der Waals surface area contributed by atoms with Crippen LogP contribution in [0.25, 0.3) is 11.4 Å². The number of aromatic nitrogens is 3. The highest BCUT2D eigenvalue weighted by atomic mass is 19.4. The van der Waals surface area contributed by atoms with Gasteiger partial charge in [0.1, 0.15) is 0 Å². The van der Waals surface area contributed by atoms with Crippen molar-refractivity contribution in [3.05, 3.63) is 59.7 Å². The van der Waals surface area contributed by atoms with E-state index in [-0.39, 0.29) is 11.9 Å². The van der Waals surface area contributed by atoms with Gasteiger partial charge in [0.15, 0.2) is 0 Å². The number of hydrogen-bond donors (Lipinski definition) is 2. The van der Waals surface area contributed by atoms with Gasteiger partial charge in [-0.3, -0.25) is 4.98 Å². The average Bonchev–Trinajstić information content (AvgIpc) is 3.10. The topological polar surface area (TPSA) is 75.9 Å². The fourth-order valence-electron chi connectivity index (χ4n) is 3.20. The monoisotopic (exact) mass is 389 g/mol. The Morgan fingerprint density at radius 2 is 2.04 bits per heavy atom. The van der Waals surface area contributed by atoms with Crippen LogP contribution in [-0.4, -0.2) is 21.7 Å². The Hall–Kier alpha value is -2.94. The number of fused-ring (bicyclic) bond motifs is 1. The maximum Gasteiger partial charge on any atom is 0.471 e. The normalized spacial score (nSPS) is 16.9. The third-order valence-electron chi connectivity index (χ3n) is 4.60. The quantitative estimate of drug-likeness (QED) is 0.697. The lowest BCUT2D eigenvalue weighted by atomic mass is 10.0. The van der Waals surface area contributed by atoms with E-state index in [0.717, 1.165) is 30.8 Å². The number of alkyl halides is 3. The molecule has 3 aromatic rings. The van der Waals surface area contributed by atoms with Crippen molar-refractivity contribution in [2.75, 3.05) is 11.9 Å². The molecular formula is C19H18F3N5O. The number of nitrogens with zero attached hydrogens (tertiary/aromatic N) is 3. The summed E-state index contributed by atoms with van der Waals surface area (Å²) >= 11 is 0. The summed E-state index contributed by atoms with van der Waals surface area (Å²) in [5.74, 6) is -1.50. The average molecular weight is 389 g/mol. The van der Waals surface area contributed by atoms with E-state index in [1.54, 1.807) is 12.1 Å². The maximum atomic E-state index is 12.6. The first-order chi connectivity index (χ1) is 13.5. The van der Waals surface area contributed by atoms with Crippen LogP contribution in [0, 0.1) is 0 Å². The Morgan fingerprint density at radius 3 is 2.79 bits per heavy atom. The number of pyridine rings is 1. The van der Waals surface area contributed by atoms with Crippen LogP contribution in [0.4, 0.5) is 18.9 Å². The van der Waals surface area contributed by atoms with Crippen LogP contribution < -0.4 is 10.6 Å². The van der Waals surface area contributed by atoms with E-state index in [9.17, 15) is 13.2 Å². The third kappa shape index (κ3) is 3.99. The van der Waals surface area contributed by atoms with Gasteiger partial charge in [-0.05, 0) is 36.6 Å². The second-order valence-corrected chi connectivity index (χ2v) is 6.55. The Bertz CT molecular complexity index is 939. The smallest absolute Gasteiger partial charge is 0.385 e. The van der Waals surface area contributed by atoms with Gasteiger partial charge in [0.2, 0.25) is 5.82 Å². The van der Waals surface area contributed by atoms with Gasteiger partial charge in [-0.25, -0.2) is 0 Å². The number of halogens is 3. The zero-order chi connectivity index (χ0) is 19.6. The van der Waals surface area contributed by atoms with E-state index in [2.05, 4.69) is 42.4 Å². The zero-order valence-electron chi connectivity index (χ0n) is 14.8. The number of para-hydroxylation sites is 1. The van der Waals surface area contributed by atoms with Crippen LogP contribution in [0.3, 0.4) is 0 Å². The summed E-state index contributed by atoms with van der Waals surface area (Å²) in [4.78, 5) is 7.68. The summed E-state index contributed by atoms with van der Waals surface area (Å²) in [5.41, 5.74) is 3.51. The van der Waals surface area contributed by atoms with E-state index in [1.165, 1.54) is 11.8 Å². The second kappa shape index (κ2) is 7.59. The Morgan fingerprint density at radius 1 is 1.18 bits per heavy atom. The molecule has 0 fully saturated rings. The lowest BCUT2D eigenvalue weighted by molar-refractivity contribution is -0.159. The van der Waals surface area contributed by atoms with Crippen molar-refractivity contribution in [1.29, 1.82) is 0 Å². The van der Waals surface area contributed by atoms with Crippen molar-refractivity contribution in [2.45, 2.75) is 31.6 Å². The molecule has 0 spiro atoms. The van der Waals surface area contributed by atoms with E-state index in [4.69, 9.17) is 0 Å². The van der Waals surface area contributed by atoms with Crippen molar-refractivity contribution >= 4 is 5.69 Å². The van der Waals surface area contributed by atoms with Crippen molar-refractivity contribution in [3.63, 3.8) is 0 Å². The molecule has 1 atom stereocenters. The number of hydrogen-bond acceptors (Lipinski definition) is 6. The molecule has 1 aliphatic heterocycles. The summed E-state index contributed by atoms with van der Waals surface area (Å²) in [6, 6.07) is 11.8. The van der Waals surface area contributed by atoms with Crippen molar-refractivity contribution in [3.8, 4) is 11.4 Å². The number of nitrogens with one attached hydrogen (secondary N) is 2. The molecule has 9 heteroatoms. The van der Waals surface area contributed by atoms with Gasteiger partial charge in [0.25, 0.3) is 0 Å².